The zero-order valence-corrected chi connectivity index (χ0v) is 22.0. The van der Waals surface area contributed by atoms with Gasteiger partial charge in [-0.05, 0) is 59.7 Å². The van der Waals surface area contributed by atoms with E-state index in [1.807, 2.05) is 48.5 Å². The summed E-state index contributed by atoms with van der Waals surface area (Å²) in [4.78, 5) is 29.3. The number of hydrogen-bond donors (Lipinski definition) is 1. The number of carbonyl (C=O) groups excluding carboxylic acids is 2. The second kappa shape index (κ2) is 10.5. The van der Waals surface area contributed by atoms with E-state index < -0.39 is 0 Å². The Kier molecular flexibility index (Phi) is 7.17. The van der Waals surface area contributed by atoms with Crippen molar-refractivity contribution in [3.8, 4) is 5.75 Å². The fraction of sp³-hybridized carbons (Fsp3) is 0.250. The number of hydrazone groups is 1. The third-order valence-electron chi connectivity index (χ3n) is 5.63. The van der Waals surface area contributed by atoms with E-state index in [4.69, 9.17) is 4.74 Å². The molecule has 5 rings (SSSR count). The predicted octanol–water partition coefficient (Wildman–Crippen LogP) is 4.62. The Labute approximate surface area is 220 Å². The Hall–Kier alpha value is -2.76. The minimum Gasteiger partial charge on any atom is -0.497 e. The largest absolute Gasteiger partial charge is 0.497 e. The molecule has 2 amide bonds. The Morgan fingerprint density at radius 2 is 2.00 bits per heavy atom. The molecule has 0 fully saturated rings. The Morgan fingerprint density at radius 1 is 1.23 bits per heavy atom. The van der Waals surface area contributed by atoms with Crippen LogP contribution in [0.3, 0.4) is 0 Å². The van der Waals surface area contributed by atoms with Crippen LogP contribution in [0.4, 0.5) is 0 Å². The number of hydrogen-bond acceptors (Lipinski definition) is 8. The van der Waals surface area contributed by atoms with Crippen molar-refractivity contribution < 1.29 is 14.3 Å². The first-order chi connectivity index (χ1) is 17.0. The van der Waals surface area contributed by atoms with E-state index >= 15 is 0 Å². The molecule has 3 aliphatic heterocycles. The van der Waals surface area contributed by atoms with Gasteiger partial charge in [0, 0.05) is 17.4 Å². The Bertz CT molecular complexity index is 1230. The molecule has 0 aromatic heterocycles. The number of nitrogens with zero attached hydrogens (tertiary/aromatic N) is 4. The van der Waals surface area contributed by atoms with Gasteiger partial charge in [0.2, 0.25) is 5.91 Å². The average Bonchev–Trinajstić information content (AvgIpc) is 3.43. The molecule has 2 aromatic carbocycles. The second-order valence-electron chi connectivity index (χ2n) is 7.95. The molecule has 0 aliphatic carbocycles. The summed E-state index contributed by atoms with van der Waals surface area (Å²) < 4.78 is 6.99. The van der Waals surface area contributed by atoms with Crippen molar-refractivity contribution in [3.63, 3.8) is 0 Å². The highest BCUT2D eigenvalue weighted by atomic mass is 79.9. The Morgan fingerprint density at radius 3 is 2.74 bits per heavy atom. The number of benzene rings is 2. The molecule has 0 saturated carbocycles. The molecular weight excluding hydrogens is 550 g/mol. The molecule has 35 heavy (non-hydrogen) atoms. The number of amides is 2. The van der Waals surface area contributed by atoms with Crippen molar-refractivity contribution in [1.29, 1.82) is 0 Å². The quantitative estimate of drug-likeness (QED) is 0.560. The summed E-state index contributed by atoms with van der Waals surface area (Å²) >= 11 is 6.17. The van der Waals surface area contributed by atoms with Gasteiger partial charge < -0.3 is 4.74 Å². The number of ether oxygens (including phenoxy) is 1. The lowest BCUT2D eigenvalue weighted by Crippen LogP contribution is -2.40. The summed E-state index contributed by atoms with van der Waals surface area (Å²) in [5.74, 6) is 0.752. The number of methoxy groups -OCH3 is 1. The summed E-state index contributed by atoms with van der Waals surface area (Å²) in [7, 11) is 1.63. The highest BCUT2D eigenvalue weighted by molar-refractivity contribution is 9.10. The van der Waals surface area contributed by atoms with Gasteiger partial charge in [0.25, 0.3) is 5.91 Å². The van der Waals surface area contributed by atoms with Gasteiger partial charge in [-0.2, -0.15) is 10.1 Å². The van der Waals surface area contributed by atoms with E-state index in [1.54, 1.807) is 17.1 Å². The number of hydrazine groups is 1. The molecule has 0 saturated heterocycles. The molecule has 0 radical (unpaired) electrons. The molecule has 1 atom stereocenters. The van der Waals surface area contributed by atoms with E-state index in [0.717, 1.165) is 33.5 Å². The molecule has 3 aliphatic rings. The minimum absolute atomic E-state index is 0.0809. The first kappa shape index (κ1) is 24.0. The number of fused-ring (bicyclic) bond motifs is 1. The highest BCUT2D eigenvalue weighted by Crippen LogP contribution is 2.34. The van der Waals surface area contributed by atoms with Crippen LogP contribution in [-0.4, -0.2) is 50.8 Å². The summed E-state index contributed by atoms with van der Waals surface area (Å²) in [5.41, 5.74) is 6.13. The standard InChI is InChI=1S/C24H22BrN5O3S2/c1-33-18-10-6-16(7-11-18)20-13-19(15-4-8-17(25)9-5-15)27-30(20)22(32)14-34-24-28-29-12-2-3-21(31)26-23(29)35-24/h4-11,13,20,27H,2-3,12,14H2,1H3. The van der Waals surface area contributed by atoms with Crippen molar-refractivity contribution in [1.82, 2.24) is 15.4 Å². The number of halogens is 1. The van der Waals surface area contributed by atoms with Gasteiger partial charge >= 0.3 is 0 Å². The fourth-order valence-electron chi connectivity index (χ4n) is 3.84. The summed E-state index contributed by atoms with van der Waals surface area (Å²) in [6, 6.07) is 15.4. The van der Waals surface area contributed by atoms with Crippen molar-refractivity contribution in [2.24, 2.45) is 10.1 Å². The van der Waals surface area contributed by atoms with Crippen LogP contribution in [0.15, 0.2) is 69.2 Å². The van der Waals surface area contributed by atoms with Crippen LogP contribution in [0.5, 0.6) is 5.75 Å². The van der Waals surface area contributed by atoms with Gasteiger partial charge in [-0.1, -0.05) is 52.0 Å². The third kappa shape index (κ3) is 5.41. The number of amidine groups is 1. The van der Waals surface area contributed by atoms with Crippen molar-refractivity contribution in [2.45, 2.75) is 18.9 Å². The number of carbonyl (C=O) groups is 2. The molecule has 2 aromatic rings. The zero-order chi connectivity index (χ0) is 24.4. The maximum Gasteiger partial charge on any atom is 0.252 e. The van der Waals surface area contributed by atoms with Crippen molar-refractivity contribution in [2.75, 3.05) is 19.4 Å². The first-order valence-electron chi connectivity index (χ1n) is 11.0. The molecule has 8 nitrogen and oxygen atoms in total. The molecule has 180 valence electrons. The van der Waals surface area contributed by atoms with Crippen LogP contribution in [0.25, 0.3) is 5.70 Å². The molecular formula is C24H22BrN5O3S2. The summed E-state index contributed by atoms with van der Waals surface area (Å²) in [6.07, 6.45) is 3.22. The SMILES string of the molecule is COc1ccc(C2C=C(c3ccc(Br)cc3)NN2C(=O)CSC2=NN3CCCC(=O)N=C3S2)cc1. The van der Waals surface area contributed by atoms with Gasteiger partial charge in [-0.3, -0.25) is 15.0 Å². The van der Waals surface area contributed by atoms with Crippen molar-refractivity contribution >= 4 is 66.5 Å². The van der Waals surface area contributed by atoms with Gasteiger partial charge in [-0.15, -0.1) is 0 Å². The van der Waals surface area contributed by atoms with E-state index in [-0.39, 0.29) is 23.6 Å². The predicted molar refractivity (Wildman–Crippen MR) is 144 cm³/mol. The van der Waals surface area contributed by atoms with Crippen LogP contribution in [-0.2, 0) is 9.59 Å². The number of thioether (sulfide) groups is 2. The maximum absolute atomic E-state index is 13.4. The van der Waals surface area contributed by atoms with E-state index in [1.165, 1.54) is 23.5 Å². The fourth-order valence-corrected chi connectivity index (χ4v) is 5.96. The molecule has 3 heterocycles. The van der Waals surface area contributed by atoms with Crippen molar-refractivity contribution in [3.05, 3.63) is 70.2 Å². The molecule has 0 bridgehead atoms. The summed E-state index contributed by atoms with van der Waals surface area (Å²) in [6.45, 7) is 0.656. The summed E-state index contributed by atoms with van der Waals surface area (Å²) in [5, 5.41) is 8.55. The molecule has 1 N–H and O–H groups in total. The average molecular weight is 573 g/mol. The first-order valence-corrected chi connectivity index (χ1v) is 13.6. The lowest BCUT2D eigenvalue weighted by atomic mass is 10.0. The zero-order valence-electron chi connectivity index (χ0n) is 18.8. The number of nitrogens with one attached hydrogen (secondary N) is 1. The number of aliphatic imine (C=N–C) groups is 1. The lowest BCUT2D eigenvalue weighted by molar-refractivity contribution is -0.131. The molecule has 1 unspecified atom stereocenters. The van der Waals surface area contributed by atoms with E-state index in [9.17, 15) is 9.59 Å². The Balaban J connectivity index is 1.32. The van der Waals surface area contributed by atoms with E-state index in [0.29, 0.717) is 22.5 Å². The lowest BCUT2D eigenvalue weighted by Gasteiger charge is -2.25. The van der Waals surface area contributed by atoms with Gasteiger partial charge in [-0.25, -0.2) is 10.0 Å². The van der Waals surface area contributed by atoms with Crippen LogP contribution < -0.4 is 10.2 Å². The molecule has 0 spiro atoms. The van der Waals surface area contributed by atoms with Crippen LogP contribution in [0.1, 0.15) is 30.0 Å². The second-order valence-corrected chi connectivity index (χ2v) is 11.0. The van der Waals surface area contributed by atoms with Crippen LogP contribution in [0.2, 0.25) is 0 Å². The maximum atomic E-state index is 13.4. The van der Waals surface area contributed by atoms with E-state index in [2.05, 4.69) is 37.5 Å². The monoisotopic (exact) mass is 571 g/mol. The topological polar surface area (TPSA) is 86.6 Å². The highest BCUT2D eigenvalue weighted by Gasteiger charge is 2.32. The van der Waals surface area contributed by atoms with Gasteiger partial charge in [0.1, 0.15) is 5.75 Å². The van der Waals surface area contributed by atoms with Crippen LogP contribution in [0, 0.1) is 0 Å². The van der Waals surface area contributed by atoms with Gasteiger partial charge in [0.05, 0.1) is 24.6 Å². The van der Waals surface area contributed by atoms with Crippen LogP contribution >= 0.6 is 39.5 Å². The minimum atomic E-state index is -0.275. The third-order valence-corrected chi connectivity index (χ3v) is 8.22. The molecule has 11 heteroatoms. The smallest absolute Gasteiger partial charge is 0.252 e. The number of rotatable bonds is 5. The van der Waals surface area contributed by atoms with Gasteiger partial charge in [0.15, 0.2) is 9.54 Å². The normalized spacial score (nSPS) is 19.4.